The third-order valence-electron chi connectivity index (χ3n) is 12.8. The molecule has 2 aliphatic heterocycles. The number of H-pyrrole nitrogens is 1. The second-order valence-corrected chi connectivity index (χ2v) is 17.4. The van der Waals surface area contributed by atoms with E-state index >= 15 is 0 Å². The van der Waals surface area contributed by atoms with Gasteiger partial charge < -0.3 is 40.0 Å². The van der Waals surface area contributed by atoms with Crippen molar-refractivity contribution in [3.05, 3.63) is 159 Å². The largest absolute Gasteiger partial charge is 0.507 e. The van der Waals surface area contributed by atoms with Gasteiger partial charge in [0, 0.05) is 48.8 Å². The van der Waals surface area contributed by atoms with Crippen LogP contribution in [-0.2, 0) is 28.9 Å². The van der Waals surface area contributed by atoms with E-state index in [1.807, 2.05) is 65.6 Å². The minimum atomic E-state index is -0.838. The van der Waals surface area contributed by atoms with Crippen LogP contribution in [0.25, 0.3) is 22.0 Å². The molecule has 0 aliphatic carbocycles. The monoisotopic (exact) mass is 878 g/mol. The van der Waals surface area contributed by atoms with Gasteiger partial charge in [-0.1, -0.05) is 72.8 Å². The van der Waals surface area contributed by atoms with Gasteiger partial charge in [-0.3, -0.25) is 19.3 Å². The van der Waals surface area contributed by atoms with Crippen LogP contribution < -0.4 is 15.6 Å². The van der Waals surface area contributed by atoms with Gasteiger partial charge in [0.15, 0.2) is 0 Å². The van der Waals surface area contributed by atoms with E-state index in [1.165, 1.54) is 17.7 Å². The number of hydrogen-bond donors (Lipinski definition) is 5. The number of esters is 1. The summed E-state index contributed by atoms with van der Waals surface area (Å²) in [5, 5.41) is 35.8. The molecule has 12 heteroatoms. The second-order valence-electron chi connectivity index (χ2n) is 17.4. The molecular weight excluding hydrogens is 821 g/mol. The maximum absolute atomic E-state index is 13.4. The number of aromatic amines is 1. The van der Waals surface area contributed by atoms with E-state index in [0.717, 1.165) is 56.4 Å². The summed E-state index contributed by atoms with van der Waals surface area (Å²) >= 11 is 0. The van der Waals surface area contributed by atoms with E-state index in [4.69, 9.17) is 9.47 Å². The number of piperidine rings is 2. The number of phenols is 2. The maximum atomic E-state index is 13.4. The molecule has 0 spiro atoms. The standard InChI is InChI=1S/C53H58N4O8/c58-46-11-5-9-42(31-50(62)65-35-38-21-26-56(27-22-38)33-37-6-2-1-3-7-37)51(46)41-8-4-10-43(30-41)64-34-39-23-28-57(29-24-39)53(63)40-14-12-36(13-15-40)20-25-54-32-48(60)44-16-18-47(59)52-45(44)17-19-49(61)55-52/h1-19,30,38-39,48,54,58-60H,20-29,31-35H2,(H,55,61)/t48-/m0/s1. The van der Waals surface area contributed by atoms with Crippen LogP contribution in [0.5, 0.6) is 17.2 Å². The summed E-state index contributed by atoms with van der Waals surface area (Å²) < 4.78 is 12.1. The van der Waals surface area contributed by atoms with Crippen LogP contribution >= 0.6 is 0 Å². The first-order valence-corrected chi connectivity index (χ1v) is 22.7. The summed E-state index contributed by atoms with van der Waals surface area (Å²) in [5.41, 5.74) is 5.66. The summed E-state index contributed by atoms with van der Waals surface area (Å²) in [6.45, 7) is 5.98. The highest BCUT2D eigenvalue weighted by Gasteiger charge is 2.25. The van der Waals surface area contributed by atoms with Crippen molar-refractivity contribution in [2.75, 3.05) is 52.5 Å². The number of nitrogens with one attached hydrogen (secondary N) is 2. The first-order valence-electron chi connectivity index (χ1n) is 22.7. The minimum Gasteiger partial charge on any atom is -0.507 e. The molecule has 5 aromatic carbocycles. The number of carbonyl (C=O) groups is 2. The fourth-order valence-corrected chi connectivity index (χ4v) is 9.02. The zero-order chi connectivity index (χ0) is 45.1. The van der Waals surface area contributed by atoms with Crippen molar-refractivity contribution >= 4 is 22.8 Å². The van der Waals surface area contributed by atoms with Gasteiger partial charge >= 0.3 is 5.97 Å². The Morgan fingerprint density at radius 3 is 2.28 bits per heavy atom. The third kappa shape index (κ3) is 11.8. The number of aliphatic hydroxyl groups is 1. The number of phenolic OH excluding ortho intramolecular Hbond substituents is 2. The Kier molecular flexibility index (Phi) is 14.9. The average Bonchev–Trinajstić information content (AvgIpc) is 3.33. The van der Waals surface area contributed by atoms with Gasteiger partial charge in [0.2, 0.25) is 5.56 Å². The summed E-state index contributed by atoms with van der Waals surface area (Å²) in [6.07, 6.45) is 3.54. The van der Waals surface area contributed by atoms with Crippen LogP contribution in [0.15, 0.2) is 126 Å². The van der Waals surface area contributed by atoms with Crippen molar-refractivity contribution < 1.29 is 34.4 Å². The van der Waals surface area contributed by atoms with Gasteiger partial charge in [-0.2, -0.15) is 0 Å². The molecule has 338 valence electrons. The Bertz CT molecular complexity index is 2600. The molecule has 2 aliphatic rings. The van der Waals surface area contributed by atoms with Crippen LogP contribution in [0.1, 0.15) is 64.4 Å². The number of amides is 1. The van der Waals surface area contributed by atoms with E-state index in [1.54, 1.807) is 24.3 Å². The van der Waals surface area contributed by atoms with Crippen molar-refractivity contribution in [2.45, 2.75) is 51.2 Å². The summed E-state index contributed by atoms with van der Waals surface area (Å²) in [7, 11) is 0. The molecule has 2 saturated heterocycles. The number of fused-ring (bicyclic) bond motifs is 1. The van der Waals surface area contributed by atoms with Gasteiger partial charge in [-0.25, -0.2) is 0 Å². The van der Waals surface area contributed by atoms with E-state index in [0.29, 0.717) is 90.6 Å². The summed E-state index contributed by atoms with van der Waals surface area (Å²) in [4.78, 5) is 45.3. The molecule has 5 N–H and O–H groups in total. The lowest BCUT2D eigenvalue weighted by Gasteiger charge is -2.32. The molecule has 0 bridgehead atoms. The number of ether oxygens (including phenoxy) is 2. The van der Waals surface area contributed by atoms with Gasteiger partial charge in [-0.15, -0.1) is 0 Å². The Labute approximate surface area is 379 Å². The molecule has 3 heterocycles. The first kappa shape index (κ1) is 45.1. The quantitative estimate of drug-likeness (QED) is 0.0461. The lowest BCUT2D eigenvalue weighted by atomic mass is 9.96. The smallest absolute Gasteiger partial charge is 0.310 e. The first-order chi connectivity index (χ1) is 31.7. The second kappa shape index (κ2) is 21.5. The SMILES string of the molecule is O=C(Cc1cccc(O)c1-c1cccc(OCC2CCN(C(=O)c3ccc(CCNC[C@H](O)c4ccc(O)c5[nH]c(=O)ccc45)cc3)CC2)c1)OCC1CCN(Cc2ccccc2)CC1. The van der Waals surface area contributed by atoms with Crippen LogP contribution in [-0.4, -0.2) is 94.5 Å². The minimum absolute atomic E-state index is 0.00884. The van der Waals surface area contributed by atoms with E-state index in [2.05, 4.69) is 39.5 Å². The molecular formula is C53H58N4O8. The van der Waals surface area contributed by atoms with Gasteiger partial charge in [0.25, 0.3) is 5.91 Å². The highest BCUT2D eigenvalue weighted by Crippen LogP contribution is 2.35. The molecule has 8 rings (SSSR count). The van der Waals surface area contributed by atoms with Crippen LogP contribution in [0, 0.1) is 11.8 Å². The van der Waals surface area contributed by atoms with E-state index < -0.39 is 6.10 Å². The number of aromatic hydroxyl groups is 2. The lowest BCUT2D eigenvalue weighted by molar-refractivity contribution is -0.144. The highest BCUT2D eigenvalue weighted by atomic mass is 16.5. The third-order valence-corrected chi connectivity index (χ3v) is 12.8. The zero-order valence-corrected chi connectivity index (χ0v) is 36.7. The van der Waals surface area contributed by atoms with Crippen LogP contribution in [0.4, 0.5) is 0 Å². The molecule has 1 amide bonds. The number of hydrogen-bond acceptors (Lipinski definition) is 10. The number of rotatable bonds is 17. The van der Waals surface area contributed by atoms with E-state index in [-0.39, 0.29) is 41.3 Å². The molecule has 2 fully saturated rings. The Balaban J connectivity index is 0.756. The number of aliphatic hydroxyl groups excluding tert-OH is 1. The van der Waals surface area contributed by atoms with Crippen molar-refractivity contribution in [1.29, 1.82) is 0 Å². The summed E-state index contributed by atoms with van der Waals surface area (Å²) in [5.74, 6) is 1.04. The lowest BCUT2D eigenvalue weighted by Crippen LogP contribution is -2.39. The number of carbonyl (C=O) groups excluding carboxylic acids is 2. The van der Waals surface area contributed by atoms with Crippen molar-refractivity contribution in [2.24, 2.45) is 11.8 Å². The van der Waals surface area contributed by atoms with Gasteiger partial charge in [-0.05, 0) is 134 Å². The Hall–Kier alpha value is -6.47. The van der Waals surface area contributed by atoms with Crippen LogP contribution in [0.2, 0.25) is 0 Å². The zero-order valence-electron chi connectivity index (χ0n) is 36.7. The highest BCUT2D eigenvalue weighted by molar-refractivity contribution is 5.94. The molecule has 6 aromatic rings. The molecule has 0 saturated carbocycles. The predicted octanol–water partition coefficient (Wildman–Crippen LogP) is 7.40. The van der Waals surface area contributed by atoms with Gasteiger partial charge in [0.1, 0.15) is 17.2 Å². The number of aromatic nitrogens is 1. The van der Waals surface area contributed by atoms with Crippen molar-refractivity contribution in [1.82, 2.24) is 20.1 Å². The fourth-order valence-electron chi connectivity index (χ4n) is 9.02. The Morgan fingerprint density at radius 2 is 1.49 bits per heavy atom. The summed E-state index contributed by atoms with van der Waals surface area (Å²) in [6, 6.07) is 37.1. The molecule has 1 aromatic heterocycles. The van der Waals surface area contributed by atoms with Gasteiger partial charge in [0.05, 0.1) is 31.3 Å². The average molecular weight is 879 g/mol. The molecule has 1 atom stereocenters. The molecule has 12 nitrogen and oxygen atoms in total. The molecule has 0 unspecified atom stereocenters. The Morgan fingerprint density at radius 1 is 0.754 bits per heavy atom. The van der Waals surface area contributed by atoms with Crippen molar-refractivity contribution in [3.63, 3.8) is 0 Å². The number of benzene rings is 5. The normalized spacial score (nSPS) is 15.5. The molecule has 65 heavy (non-hydrogen) atoms. The van der Waals surface area contributed by atoms with Crippen LogP contribution in [0.3, 0.4) is 0 Å². The fraction of sp³-hybridized carbons (Fsp3) is 0.340. The van der Waals surface area contributed by atoms with Crippen molar-refractivity contribution in [3.8, 4) is 28.4 Å². The number of nitrogens with zero attached hydrogens (tertiary/aromatic N) is 2. The predicted molar refractivity (Wildman–Crippen MR) is 251 cm³/mol. The topological polar surface area (TPSA) is 165 Å². The number of likely N-dealkylation sites (tertiary alicyclic amines) is 2. The molecule has 0 radical (unpaired) electrons. The van der Waals surface area contributed by atoms with E-state index in [9.17, 15) is 29.7 Å². The maximum Gasteiger partial charge on any atom is 0.310 e. The number of pyridine rings is 1.